The van der Waals surface area contributed by atoms with E-state index in [1.165, 1.54) is 23.9 Å². The molecule has 0 saturated carbocycles. The molecule has 0 spiro atoms. The van der Waals surface area contributed by atoms with Gasteiger partial charge in [-0.3, -0.25) is 4.79 Å². The van der Waals surface area contributed by atoms with E-state index in [4.69, 9.17) is 5.11 Å². The average Bonchev–Trinajstić information content (AvgIpc) is 2.36. The van der Waals surface area contributed by atoms with Crippen molar-refractivity contribution in [1.29, 1.82) is 0 Å². The molecule has 21 heavy (non-hydrogen) atoms. The van der Waals surface area contributed by atoms with Gasteiger partial charge in [0.15, 0.2) is 0 Å². The Hall–Kier alpha value is -1.56. The van der Waals surface area contributed by atoms with Gasteiger partial charge < -0.3 is 10.4 Å². The SMILES string of the molecule is CC(C)(C)[C@@H](NC(=O)CCSc1ccc(F)cc1)C(=O)O. The molecule has 1 atom stereocenters. The predicted octanol–water partition coefficient (Wildman–Crippen LogP) is 2.92. The number of carbonyl (C=O) groups is 2. The highest BCUT2D eigenvalue weighted by atomic mass is 32.2. The Morgan fingerprint density at radius 3 is 2.33 bits per heavy atom. The number of benzene rings is 1. The second kappa shape index (κ2) is 7.45. The molecular formula is C15H20FNO3S. The number of aliphatic carboxylic acids is 1. The van der Waals surface area contributed by atoms with Crippen molar-refractivity contribution in [3.63, 3.8) is 0 Å². The molecule has 0 aliphatic heterocycles. The van der Waals surface area contributed by atoms with Crippen LogP contribution in [-0.2, 0) is 9.59 Å². The molecule has 0 aliphatic carbocycles. The first kappa shape index (κ1) is 17.5. The van der Waals surface area contributed by atoms with E-state index >= 15 is 0 Å². The lowest BCUT2D eigenvalue weighted by Gasteiger charge is -2.27. The number of rotatable bonds is 6. The fourth-order valence-electron chi connectivity index (χ4n) is 1.67. The molecule has 116 valence electrons. The second-order valence-electron chi connectivity index (χ2n) is 5.76. The highest BCUT2D eigenvalue weighted by Gasteiger charge is 2.32. The number of carboxylic acids is 1. The molecule has 1 aromatic rings. The number of hydrogen-bond donors (Lipinski definition) is 2. The van der Waals surface area contributed by atoms with Crippen molar-refractivity contribution in [3.8, 4) is 0 Å². The van der Waals surface area contributed by atoms with Crippen molar-refractivity contribution in [2.24, 2.45) is 5.41 Å². The van der Waals surface area contributed by atoms with Gasteiger partial charge in [-0.15, -0.1) is 11.8 Å². The van der Waals surface area contributed by atoms with Crippen LogP contribution in [0, 0.1) is 11.2 Å². The minimum Gasteiger partial charge on any atom is -0.480 e. The van der Waals surface area contributed by atoms with Gasteiger partial charge in [0.25, 0.3) is 0 Å². The summed E-state index contributed by atoms with van der Waals surface area (Å²) in [6, 6.07) is 5.10. The van der Waals surface area contributed by atoms with Crippen LogP contribution in [0.5, 0.6) is 0 Å². The highest BCUT2D eigenvalue weighted by Crippen LogP contribution is 2.21. The van der Waals surface area contributed by atoms with Crippen LogP contribution < -0.4 is 5.32 Å². The van der Waals surface area contributed by atoms with Crippen LogP contribution in [0.3, 0.4) is 0 Å². The number of carboxylic acid groups (broad SMARTS) is 1. The van der Waals surface area contributed by atoms with E-state index < -0.39 is 17.4 Å². The third-order valence-corrected chi connectivity index (χ3v) is 3.84. The molecule has 6 heteroatoms. The Kier molecular flexibility index (Phi) is 6.20. The Morgan fingerprint density at radius 1 is 1.29 bits per heavy atom. The van der Waals surface area contributed by atoms with Crippen LogP contribution in [0.15, 0.2) is 29.2 Å². The molecule has 4 nitrogen and oxygen atoms in total. The number of nitrogens with one attached hydrogen (secondary N) is 1. The summed E-state index contributed by atoms with van der Waals surface area (Å²) in [5.74, 6) is -1.13. The number of hydrogen-bond acceptors (Lipinski definition) is 3. The van der Waals surface area contributed by atoms with E-state index in [2.05, 4.69) is 5.32 Å². The van der Waals surface area contributed by atoms with Crippen LogP contribution in [-0.4, -0.2) is 28.8 Å². The lowest BCUT2D eigenvalue weighted by atomic mass is 9.87. The van der Waals surface area contributed by atoms with E-state index in [0.717, 1.165) is 4.90 Å². The Bertz CT molecular complexity index is 497. The third kappa shape index (κ3) is 6.16. The molecule has 0 saturated heterocycles. The fourth-order valence-corrected chi connectivity index (χ4v) is 2.53. The van der Waals surface area contributed by atoms with Crippen LogP contribution in [0.4, 0.5) is 4.39 Å². The number of amides is 1. The molecule has 0 aliphatic rings. The van der Waals surface area contributed by atoms with Gasteiger partial charge in [-0.1, -0.05) is 20.8 Å². The summed E-state index contributed by atoms with van der Waals surface area (Å²) in [6.07, 6.45) is 0.210. The molecule has 2 N–H and O–H groups in total. The maximum atomic E-state index is 12.7. The van der Waals surface area contributed by atoms with Crippen molar-refractivity contribution >= 4 is 23.6 Å². The molecule has 0 heterocycles. The first-order valence-electron chi connectivity index (χ1n) is 6.60. The van der Waals surface area contributed by atoms with Gasteiger partial charge in [-0.05, 0) is 29.7 Å². The molecule has 0 aromatic heterocycles. The van der Waals surface area contributed by atoms with Gasteiger partial charge in [0, 0.05) is 17.1 Å². The summed E-state index contributed by atoms with van der Waals surface area (Å²) >= 11 is 1.43. The monoisotopic (exact) mass is 313 g/mol. The van der Waals surface area contributed by atoms with Crippen molar-refractivity contribution < 1.29 is 19.1 Å². The van der Waals surface area contributed by atoms with Crippen molar-refractivity contribution in [1.82, 2.24) is 5.32 Å². The minimum atomic E-state index is -1.04. The molecule has 1 aromatic carbocycles. The molecular weight excluding hydrogens is 293 g/mol. The lowest BCUT2D eigenvalue weighted by molar-refractivity contribution is -0.144. The maximum absolute atomic E-state index is 12.7. The molecule has 0 radical (unpaired) electrons. The fraction of sp³-hybridized carbons (Fsp3) is 0.467. The van der Waals surface area contributed by atoms with Crippen LogP contribution in [0.1, 0.15) is 27.2 Å². The van der Waals surface area contributed by atoms with Crippen LogP contribution >= 0.6 is 11.8 Å². The Labute approximate surface area is 128 Å². The Balaban J connectivity index is 2.43. The predicted molar refractivity (Wildman–Crippen MR) is 80.8 cm³/mol. The summed E-state index contributed by atoms with van der Waals surface area (Å²) in [4.78, 5) is 23.8. The van der Waals surface area contributed by atoms with E-state index in [0.29, 0.717) is 5.75 Å². The van der Waals surface area contributed by atoms with Gasteiger partial charge in [0.1, 0.15) is 11.9 Å². The topological polar surface area (TPSA) is 66.4 Å². The van der Waals surface area contributed by atoms with Crippen molar-refractivity contribution in [2.75, 3.05) is 5.75 Å². The first-order chi connectivity index (χ1) is 9.70. The van der Waals surface area contributed by atoms with E-state index in [1.807, 2.05) is 0 Å². The minimum absolute atomic E-state index is 0.210. The molecule has 1 rings (SSSR count). The Morgan fingerprint density at radius 2 is 1.86 bits per heavy atom. The molecule has 0 bridgehead atoms. The quantitative estimate of drug-likeness (QED) is 0.793. The number of halogens is 1. The van der Waals surface area contributed by atoms with E-state index in [1.54, 1.807) is 32.9 Å². The zero-order chi connectivity index (χ0) is 16.0. The van der Waals surface area contributed by atoms with Crippen molar-refractivity contribution in [3.05, 3.63) is 30.1 Å². The second-order valence-corrected chi connectivity index (χ2v) is 6.93. The summed E-state index contributed by atoms with van der Waals surface area (Å²) in [7, 11) is 0. The average molecular weight is 313 g/mol. The standard InChI is InChI=1S/C15H20FNO3S/c1-15(2,3)13(14(19)20)17-12(18)8-9-21-11-6-4-10(16)5-7-11/h4-7,13H,8-9H2,1-3H3,(H,17,18)(H,19,20)/t13-/m0/s1. The van der Waals surface area contributed by atoms with Crippen LogP contribution in [0.25, 0.3) is 0 Å². The number of thioether (sulfide) groups is 1. The lowest BCUT2D eigenvalue weighted by Crippen LogP contribution is -2.49. The highest BCUT2D eigenvalue weighted by molar-refractivity contribution is 7.99. The normalized spacial score (nSPS) is 12.8. The molecule has 0 unspecified atom stereocenters. The summed E-state index contributed by atoms with van der Waals surface area (Å²) in [5, 5.41) is 11.7. The van der Waals surface area contributed by atoms with Crippen LogP contribution in [0.2, 0.25) is 0 Å². The van der Waals surface area contributed by atoms with Gasteiger partial charge in [-0.2, -0.15) is 0 Å². The largest absolute Gasteiger partial charge is 0.480 e. The third-order valence-electron chi connectivity index (χ3n) is 2.83. The van der Waals surface area contributed by atoms with Gasteiger partial charge in [-0.25, -0.2) is 9.18 Å². The molecule has 0 fully saturated rings. The summed E-state index contributed by atoms with van der Waals surface area (Å²) in [6.45, 7) is 5.29. The zero-order valence-corrected chi connectivity index (χ0v) is 13.2. The van der Waals surface area contributed by atoms with E-state index in [-0.39, 0.29) is 18.1 Å². The van der Waals surface area contributed by atoms with Gasteiger partial charge in [0.05, 0.1) is 0 Å². The van der Waals surface area contributed by atoms with Gasteiger partial charge >= 0.3 is 5.97 Å². The summed E-state index contributed by atoms with van der Waals surface area (Å²) in [5.41, 5.74) is -0.550. The zero-order valence-electron chi connectivity index (χ0n) is 12.4. The van der Waals surface area contributed by atoms with Gasteiger partial charge in [0.2, 0.25) is 5.91 Å². The maximum Gasteiger partial charge on any atom is 0.326 e. The first-order valence-corrected chi connectivity index (χ1v) is 7.59. The summed E-state index contributed by atoms with van der Waals surface area (Å²) < 4.78 is 12.7. The smallest absolute Gasteiger partial charge is 0.326 e. The number of carbonyl (C=O) groups excluding carboxylic acids is 1. The van der Waals surface area contributed by atoms with Crippen molar-refractivity contribution in [2.45, 2.75) is 38.1 Å². The van der Waals surface area contributed by atoms with E-state index in [9.17, 15) is 14.0 Å². The molecule has 1 amide bonds.